The van der Waals surface area contributed by atoms with Gasteiger partial charge in [0.15, 0.2) is 0 Å². The van der Waals surface area contributed by atoms with E-state index in [2.05, 4.69) is 5.32 Å². The molecule has 4 heteroatoms. The van der Waals surface area contributed by atoms with Gasteiger partial charge in [0.05, 0.1) is 5.56 Å². The lowest BCUT2D eigenvalue weighted by Crippen LogP contribution is -2.40. The van der Waals surface area contributed by atoms with Gasteiger partial charge in [0.2, 0.25) is 0 Å². The van der Waals surface area contributed by atoms with E-state index in [1.807, 2.05) is 0 Å². The first kappa shape index (κ1) is 13.0. The molecule has 1 aliphatic rings. The second kappa shape index (κ2) is 5.48. The summed E-state index contributed by atoms with van der Waals surface area (Å²) in [6.45, 7) is 2.37. The third kappa shape index (κ3) is 2.70. The second-order valence-electron chi connectivity index (χ2n) is 4.99. The van der Waals surface area contributed by atoms with E-state index in [9.17, 15) is 9.18 Å². The average molecular weight is 250 g/mol. The number of nitrogens with two attached hydrogens (primary N) is 1. The Morgan fingerprint density at radius 1 is 1.50 bits per heavy atom. The Morgan fingerprint density at radius 3 is 2.94 bits per heavy atom. The number of nitrogens with one attached hydrogen (secondary N) is 1. The minimum Gasteiger partial charge on any atom is -0.349 e. The Bertz CT molecular complexity index is 447. The van der Waals surface area contributed by atoms with Crippen LogP contribution in [0.2, 0.25) is 0 Å². The van der Waals surface area contributed by atoms with Crippen molar-refractivity contribution >= 4 is 5.91 Å². The number of rotatable bonds is 3. The SMILES string of the molecule is Cc1ccc(C(=O)NC2CCCC2CN)c(F)c1. The van der Waals surface area contributed by atoms with E-state index in [0.29, 0.717) is 12.5 Å². The normalized spacial score (nSPS) is 23.1. The Morgan fingerprint density at radius 2 is 2.28 bits per heavy atom. The zero-order valence-corrected chi connectivity index (χ0v) is 10.6. The first-order valence-corrected chi connectivity index (χ1v) is 6.39. The van der Waals surface area contributed by atoms with Crippen molar-refractivity contribution in [2.75, 3.05) is 6.54 Å². The molecule has 0 radical (unpaired) electrons. The van der Waals surface area contributed by atoms with Crippen LogP contribution in [-0.4, -0.2) is 18.5 Å². The second-order valence-corrected chi connectivity index (χ2v) is 4.99. The lowest BCUT2D eigenvalue weighted by molar-refractivity contribution is 0.0924. The highest BCUT2D eigenvalue weighted by Gasteiger charge is 2.28. The molecule has 2 atom stereocenters. The number of hydrogen-bond donors (Lipinski definition) is 2. The third-order valence-corrected chi connectivity index (χ3v) is 3.65. The van der Waals surface area contributed by atoms with Crippen molar-refractivity contribution in [1.82, 2.24) is 5.32 Å². The number of carbonyl (C=O) groups excluding carboxylic acids is 1. The van der Waals surface area contributed by atoms with Crippen LogP contribution in [0.25, 0.3) is 0 Å². The molecule has 2 unspecified atom stereocenters. The summed E-state index contributed by atoms with van der Waals surface area (Å²) in [4.78, 5) is 12.0. The zero-order valence-electron chi connectivity index (χ0n) is 10.6. The quantitative estimate of drug-likeness (QED) is 0.862. The summed E-state index contributed by atoms with van der Waals surface area (Å²) in [5, 5.41) is 2.90. The topological polar surface area (TPSA) is 55.1 Å². The van der Waals surface area contributed by atoms with Crippen LogP contribution in [0.4, 0.5) is 4.39 Å². The fourth-order valence-electron chi connectivity index (χ4n) is 2.56. The molecule has 3 nitrogen and oxygen atoms in total. The molecule has 18 heavy (non-hydrogen) atoms. The van der Waals surface area contributed by atoms with E-state index in [1.165, 1.54) is 12.1 Å². The van der Waals surface area contributed by atoms with Gasteiger partial charge in [-0.05, 0) is 49.9 Å². The standard InChI is InChI=1S/C14H19FN2O/c1-9-5-6-11(12(15)7-9)14(18)17-13-4-2-3-10(13)8-16/h5-7,10,13H,2-4,8,16H2,1H3,(H,17,18). The van der Waals surface area contributed by atoms with Gasteiger partial charge < -0.3 is 11.1 Å². The van der Waals surface area contributed by atoms with Crippen molar-refractivity contribution in [3.05, 3.63) is 35.1 Å². The molecule has 0 aliphatic heterocycles. The van der Waals surface area contributed by atoms with Crippen LogP contribution in [0, 0.1) is 18.7 Å². The summed E-state index contributed by atoms with van der Waals surface area (Å²) in [5.41, 5.74) is 6.59. The van der Waals surface area contributed by atoms with Crippen molar-refractivity contribution in [3.8, 4) is 0 Å². The molecule has 3 N–H and O–H groups in total. The van der Waals surface area contributed by atoms with E-state index >= 15 is 0 Å². The van der Waals surface area contributed by atoms with Crippen LogP contribution < -0.4 is 11.1 Å². The van der Waals surface area contributed by atoms with E-state index in [1.54, 1.807) is 13.0 Å². The highest BCUT2D eigenvalue weighted by atomic mass is 19.1. The first-order valence-electron chi connectivity index (χ1n) is 6.39. The smallest absolute Gasteiger partial charge is 0.254 e. The minimum absolute atomic E-state index is 0.0863. The van der Waals surface area contributed by atoms with Gasteiger partial charge in [-0.2, -0.15) is 0 Å². The predicted octanol–water partition coefficient (Wildman–Crippen LogP) is 1.99. The largest absolute Gasteiger partial charge is 0.349 e. The molecule has 0 spiro atoms. The highest BCUT2D eigenvalue weighted by molar-refractivity contribution is 5.94. The van der Waals surface area contributed by atoms with Crippen molar-refractivity contribution in [2.24, 2.45) is 11.7 Å². The van der Waals surface area contributed by atoms with Crippen LogP contribution in [0.3, 0.4) is 0 Å². The van der Waals surface area contributed by atoms with Crippen LogP contribution in [0.5, 0.6) is 0 Å². The van der Waals surface area contributed by atoms with Gasteiger partial charge in [-0.15, -0.1) is 0 Å². The molecule has 1 aliphatic carbocycles. The van der Waals surface area contributed by atoms with Gasteiger partial charge in [0, 0.05) is 6.04 Å². The summed E-state index contributed by atoms with van der Waals surface area (Å²) >= 11 is 0. The molecule has 0 bridgehead atoms. The van der Waals surface area contributed by atoms with E-state index in [-0.39, 0.29) is 17.5 Å². The zero-order chi connectivity index (χ0) is 13.1. The van der Waals surface area contributed by atoms with E-state index in [0.717, 1.165) is 24.8 Å². The molecule has 1 fully saturated rings. The highest BCUT2D eigenvalue weighted by Crippen LogP contribution is 2.25. The molecule has 0 aromatic heterocycles. The van der Waals surface area contributed by atoms with Crippen molar-refractivity contribution < 1.29 is 9.18 Å². The summed E-state index contributed by atoms with van der Waals surface area (Å²) in [6.07, 6.45) is 3.04. The Balaban J connectivity index is 2.07. The van der Waals surface area contributed by atoms with Gasteiger partial charge in [-0.1, -0.05) is 12.5 Å². The van der Waals surface area contributed by atoms with E-state index in [4.69, 9.17) is 5.73 Å². The molecule has 1 aromatic rings. The van der Waals surface area contributed by atoms with Crippen molar-refractivity contribution in [1.29, 1.82) is 0 Å². The number of hydrogen-bond acceptors (Lipinski definition) is 2. The van der Waals surface area contributed by atoms with Crippen LogP contribution >= 0.6 is 0 Å². The van der Waals surface area contributed by atoms with Gasteiger partial charge in [-0.25, -0.2) is 4.39 Å². The predicted molar refractivity (Wildman–Crippen MR) is 68.8 cm³/mol. The monoisotopic (exact) mass is 250 g/mol. The molecule has 98 valence electrons. The Kier molecular flexibility index (Phi) is 3.97. The third-order valence-electron chi connectivity index (χ3n) is 3.65. The summed E-state index contributed by atoms with van der Waals surface area (Å²) in [7, 11) is 0. The maximum absolute atomic E-state index is 13.7. The first-order chi connectivity index (χ1) is 8.61. The minimum atomic E-state index is -0.463. The number of aryl methyl sites for hydroxylation is 1. The van der Waals surface area contributed by atoms with Gasteiger partial charge in [0.1, 0.15) is 5.82 Å². The summed E-state index contributed by atoms with van der Waals surface area (Å²) in [5.74, 6) is -0.477. The van der Waals surface area contributed by atoms with Crippen LogP contribution in [-0.2, 0) is 0 Å². The fourth-order valence-corrected chi connectivity index (χ4v) is 2.56. The fraction of sp³-hybridized carbons (Fsp3) is 0.500. The van der Waals surface area contributed by atoms with Crippen LogP contribution in [0.1, 0.15) is 35.2 Å². The van der Waals surface area contributed by atoms with E-state index < -0.39 is 5.82 Å². The Labute approximate surface area is 107 Å². The summed E-state index contributed by atoms with van der Waals surface area (Å²) < 4.78 is 13.7. The summed E-state index contributed by atoms with van der Waals surface area (Å²) in [6, 6.07) is 4.74. The lowest BCUT2D eigenvalue weighted by Gasteiger charge is -2.19. The molecular weight excluding hydrogens is 231 g/mol. The molecule has 0 heterocycles. The molecular formula is C14H19FN2O. The number of halogens is 1. The Hall–Kier alpha value is -1.42. The number of amides is 1. The number of carbonyl (C=O) groups is 1. The molecule has 0 saturated heterocycles. The molecule has 1 aromatic carbocycles. The molecule has 1 amide bonds. The van der Waals surface area contributed by atoms with Gasteiger partial charge in [-0.3, -0.25) is 4.79 Å². The van der Waals surface area contributed by atoms with Gasteiger partial charge >= 0.3 is 0 Å². The lowest BCUT2D eigenvalue weighted by atomic mass is 10.0. The molecule has 1 saturated carbocycles. The maximum Gasteiger partial charge on any atom is 0.254 e. The van der Waals surface area contributed by atoms with Crippen molar-refractivity contribution in [3.63, 3.8) is 0 Å². The van der Waals surface area contributed by atoms with Gasteiger partial charge in [0.25, 0.3) is 5.91 Å². The average Bonchev–Trinajstić information content (AvgIpc) is 2.76. The van der Waals surface area contributed by atoms with Crippen LogP contribution in [0.15, 0.2) is 18.2 Å². The number of benzene rings is 1. The van der Waals surface area contributed by atoms with Crippen molar-refractivity contribution in [2.45, 2.75) is 32.2 Å². The molecule has 2 rings (SSSR count). The maximum atomic E-state index is 13.7.